The fourth-order valence-corrected chi connectivity index (χ4v) is 4.44. The van der Waals surface area contributed by atoms with Crippen molar-refractivity contribution in [1.82, 2.24) is 0 Å². The zero-order valence-electron chi connectivity index (χ0n) is 12.5. The summed E-state index contributed by atoms with van der Waals surface area (Å²) >= 11 is 6.69. The van der Waals surface area contributed by atoms with E-state index in [-0.39, 0.29) is 10.9 Å². The van der Waals surface area contributed by atoms with Crippen molar-refractivity contribution in [3.8, 4) is 0 Å². The second-order valence-corrected chi connectivity index (χ2v) is 7.40. The van der Waals surface area contributed by atoms with Gasteiger partial charge in [0.25, 0.3) is 0 Å². The van der Waals surface area contributed by atoms with Gasteiger partial charge in [-0.2, -0.15) is 0 Å². The van der Waals surface area contributed by atoms with E-state index in [0.717, 1.165) is 31.2 Å². The quantitative estimate of drug-likeness (QED) is 0.273. The van der Waals surface area contributed by atoms with E-state index in [0.29, 0.717) is 12.8 Å². The lowest BCUT2D eigenvalue weighted by atomic mass is 9.70. The molecule has 0 amide bonds. The van der Waals surface area contributed by atoms with Gasteiger partial charge in [-0.3, -0.25) is 0 Å². The molecular weight excluding hydrogens is 298 g/mol. The lowest BCUT2D eigenvalue weighted by Gasteiger charge is -2.44. The molecule has 2 aliphatic rings. The molecule has 0 aromatic heterocycles. The van der Waals surface area contributed by atoms with E-state index in [1.54, 1.807) is 0 Å². The maximum absolute atomic E-state index is 11.1. The molecule has 3 atom stereocenters. The molecule has 2 aliphatic carbocycles. The van der Waals surface area contributed by atoms with Gasteiger partial charge in [-0.25, -0.2) is 0 Å². The molecule has 0 unspecified atom stereocenters. The van der Waals surface area contributed by atoms with E-state index in [1.807, 2.05) is 36.4 Å². The van der Waals surface area contributed by atoms with Gasteiger partial charge >= 0.3 is 0 Å². The van der Waals surface area contributed by atoms with Crippen molar-refractivity contribution >= 4 is 11.6 Å². The minimum Gasteiger partial charge on any atom is -0.386 e. The number of aliphatic hydroxyl groups is 1. The predicted octanol–water partition coefficient (Wildman–Crippen LogP) is 5.04. The Kier molecular flexibility index (Phi) is 4.18. The van der Waals surface area contributed by atoms with Crippen molar-refractivity contribution in [2.45, 2.75) is 55.0 Å². The molecule has 0 spiro atoms. The number of azide groups is 1. The van der Waals surface area contributed by atoms with Crippen LogP contribution in [-0.2, 0) is 0 Å². The van der Waals surface area contributed by atoms with E-state index in [2.05, 4.69) is 10.0 Å². The number of alkyl halides is 1. The zero-order valence-corrected chi connectivity index (χ0v) is 13.2. The zero-order chi connectivity index (χ0) is 15.6. The van der Waals surface area contributed by atoms with E-state index >= 15 is 0 Å². The van der Waals surface area contributed by atoms with Crippen molar-refractivity contribution in [1.29, 1.82) is 0 Å². The van der Waals surface area contributed by atoms with Gasteiger partial charge in [0.2, 0.25) is 0 Å². The number of fused-ring (bicyclic) bond motifs is 2. The number of nitrogens with zero attached hydrogens (tertiary/aromatic N) is 3. The Morgan fingerprint density at radius 2 is 2.14 bits per heavy atom. The van der Waals surface area contributed by atoms with E-state index in [1.165, 1.54) is 5.57 Å². The summed E-state index contributed by atoms with van der Waals surface area (Å²) in [6.45, 7) is 0. The van der Waals surface area contributed by atoms with Crippen LogP contribution in [0.25, 0.3) is 10.4 Å². The summed E-state index contributed by atoms with van der Waals surface area (Å²) in [4.78, 5) is 2.62. The van der Waals surface area contributed by atoms with Gasteiger partial charge < -0.3 is 5.11 Å². The van der Waals surface area contributed by atoms with Gasteiger partial charge in [0.05, 0.1) is 16.5 Å². The van der Waals surface area contributed by atoms with E-state index in [4.69, 9.17) is 17.1 Å². The predicted molar refractivity (Wildman–Crippen MR) is 87.6 cm³/mol. The average molecular weight is 318 g/mol. The minimum atomic E-state index is -0.996. The molecule has 1 fully saturated rings. The Morgan fingerprint density at radius 3 is 2.82 bits per heavy atom. The lowest BCUT2D eigenvalue weighted by Crippen LogP contribution is -2.43. The van der Waals surface area contributed by atoms with Crippen molar-refractivity contribution in [3.05, 3.63) is 58.0 Å². The Labute approximate surface area is 135 Å². The molecule has 3 rings (SSSR count). The molecule has 0 saturated heterocycles. The van der Waals surface area contributed by atoms with Crippen LogP contribution >= 0.6 is 11.6 Å². The molecule has 0 radical (unpaired) electrons. The van der Waals surface area contributed by atoms with Gasteiger partial charge in [0.1, 0.15) is 0 Å². The number of hydrogen-bond acceptors (Lipinski definition) is 2. The largest absolute Gasteiger partial charge is 0.386 e. The third-order valence-corrected chi connectivity index (χ3v) is 5.14. The summed E-state index contributed by atoms with van der Waals surface area (Å²) < 4.78 is 0. The molecular formula is C17H20ClN3O. The number of allylic oxidation sites excluding steroid dienone is 1. The first-order chi connectivity index (χ1) is 10.5. The number of hydrogen-bond donors (Lipinski definition) is 1. The molecule has 116 valence electrons. The van der Waals surface area contributed by atoms with Crippen LogP contribution < -0.4 is 0 Å². The Bertz CT molecular complexity index is 626. The van der Waals surface area contributed by atoms with Gasteiger partial charge in [0.15, 0.2) is 0 Å². The monoisotopic (exact) mass is 317 g/mol. The average Bonchev–Trinajstić information content (AvgIpc) is 2.46. The van der Waals surface area contributed by atoms with Crippen LogP contribution in [0.1, 0.15) is 50.1 Å². The van der Waals surface area contributed by atoms with Gasteiger partial charge in [-0.05, 0) is 49.6 Å². The standard InChI is InChI=1S/C17H20ClN3O/c18-16-8-4-5-13(9-16)10-17(22,12-16)11-15(20-21-19)14-6-2-1-3-7-14/h1-3,6-7,10,15,22H,4-5,8-9,11-12H2/t15-,16-,17-/m0/s1. The maximum atomic E-state index is 11.1. The molecule has 1 aromatic carbocycles. The second-order valence-electron chi connectivity index (χ2n) is 6.60. The molecule has 0 heterocycles. The Morgan fingerprint density at radius 1 is 1.36 bits per heavy atom. The maximum Gasteiger partial charge on any atom is 0.0854 e. The smallest absolute Gasteiger partial charge is 0.0854 e. The Balaban J connectivity index is 1.88. The van der Waals surface area contributed by atoms with Crippen LogP contribution in [0.5, 0.6) is 0 Å². The highest BCUT2D eigenvalue weighted by Gasteiger charge is 2.45. The van der Waals surface area contributed by atoms with Gasteiger partial charge in [-0.15, -0.1) is 11.6 Å². The summed E-state index contributed by atoms with van der Waals surface area (Å²) in [6.07, 6.45) is 6.77. The SMILES string of the molecule is [N-]=[N+]=N[C@@H](C[C@@]1(O)C=C2CCC[C@](Cl)(C2)C1)c1ccccc1. The highest BCUT2D eigenvalue weighted by molar-refractivity contribution is 6.24. The number of halogens is 1. The highest BCUT2D eigenvalue weighted by Crippen LogP contribution is 2.49. The molecule has 1 aromatic rings. The van der Waals surface area contributed by atoms with E-state index in [9.17, 15) is 5.11 Å². The van der Waals surface area contributed by atoms with E-state index < -0.39 is 5.60 Å². The summed E-state index contributed by atoms with van der Waals surface area (Å²) in [5.41, 5.74) is 10.0. The van der Waals surface area contributed by atoms with Crippen molar-refractivity contribution in [2.24, 2.45) is 5.11 Å². The Hall–Kier alpha value is -1.48. The van der Waals surface area contributed by atoms with Crippen LogP contribution in [0.15, 0.2) is 47.1 Å². The summed E-state index contributed by atoms with van der Waals surface area (Å²) in [5.74, 6) is 0. The second kappa shape index (κ2) is 5.96. The fraction of sp³-hybridized carbons (Fsp3) is 0.529. The number of benzene rings is 1. The van der Waals surface area contributed by atoms with Gasteiger partial charge in [-0.1, -0.05) is 47.1 Å². The van der Waals surface area contributed by atoms with Crippen molar-refractivity contribution in [2.75, 3.05) is 0 Å². The summed E-state index contributed by atoms with van der Waals surface area (Å²) in [5, 5.41) is 15.0. The highest BCUT2D eigenvalue weighted by atomic mass is 35.5. The first-order valence-corrected chi connectivity index (χ1v) is 8.11. The van der Waals surface area contributed by atoms with Crippen LogP contribution in [0.2, 0.25) is 0 Å². The third kappa shape index (κ3) is 3.30. The topological polar surface area (TPSA) is 69.0 Å². The normalized spacial score (nSPS) is 31.8. The van der Waals surface area contributed by atoms with Crippen LogP contribution in [-0.4, -0.2) is 15.6 Å². The van der Waals surface area contributed by atoms with Crippen molar-refractivity contribution in [3.63, 3.8) is 0 Å². The minimum absolute atomic E-state index is 0.339. The molecule has 0 aliphatic heterocycles. The lowest BCUT2D eigenvalue weighted by molar-refractivity contribution is 0.0396. The molecule has 1 N–H and O–H groups in total. The van der Waals surface area contributed by atoms with Gasteiger partial charge in [0, 0.05) is 4.91 Å². The summed E-state index contributed by atoms with van der Waals surface area (Å²) in [6, 6.07) is 9.22. The fourth-order valence-electron chi connectivity index (χ4n) is 3.90. The molecule has 4 nitrogen and oxygen atoms in total. The molecule has 1 saturated carbocycles. The van der Waals surface area contributed by atoms with Crippen LogP contribution in [0.3, 0.4) is 0 Å². The van der Waals surface area contributed by atoms with Crippen LogP contribution in [0, 0.1) is 0 Å². The summed E-state index contributed by atoms with van der Waals surface area (Å²) in [7, 11) is 0. The molecule has 5 heteroatoms. The molecule has 2 bridgehead atoms. The van der Waals surface area contributed by atoms with Crippen molar-refractivity contribution < 1.29 is 5.11 Å². The molecule has 22 heavy (non-hydrogen) atoms. The first kappa shape index (κ1) is 15.4. The number of rotatable bonds is 4. The van der Waals surface area contributed by atoms with Crippen LogP contribution in [0.4, 0.5) is 0 Å². The third-order valence-electron chi connectivity index (χ3n) is 4.68. The first-order valence-electron chi connectivity index (χ1n) is 7.73.